The summed E-state index contributed by atoms with van der Waals surface area (Å²) in [6.07, 6.45) is 9.39. The zero-order valence-electron chi connectivity index (χ0n) is 11.5. The van der Waals surface area contributed by atoms with Crippen LogP contribution in [0.5, 0.6) is 0 Å². The van der Waals surface area contributed by atoms with Crippen LogP contribution in [0.2, 0.25) is 0 Å². The van der Waals surface area contributed by atoms with E-state index in [9.17, 15) is 0 Å². The fraction of sp³-hybridized carbons (Fsp3) is 0.500. The second-order valence-corrected chi connectivity index (χ2v) is 5.87. The molecule has 1 heterocycles. The number of allylic oxidation sites excluding steroid dienone is 6. The first-order chi connectivity index (χ1) is 8.56. The lowest BCUT2D eigenvalue weighted by atomic mass is 9.63. The summed E-state index contributed by atoms with van der Waals surface area (Å²) in [7, 11) is 0. The molecule has 0 bridgehead atoms. The molecule has 0 amide bonds. The summed E-state index contributed by atoms with van der Waals surface area (Å²) >= 11 is 0. The molecule has 3 atom stereocenters. The van der Waals surface area contributed by atoms with E-state index in [-0.39, 0.29) is 6.17 Å². The first kappa shape index (κ1) is 11.8. The van der Waals surface area contributed by atoms with Crippen LogP contribution in [0.1, 0.15) is 33.6 Å². The number of nitrogens with one attached hydrogen (secondary N) is 1. The molecule has 3 rings (SSSR count). The van der Waals surface area contributed by atoms with Gasteiger partial charge in [0.25, 0.3) is 0 Å². The van der Waals surface area contributed by atoms with Crippen molar-refractivity contribution in [2.75, 3.05) is 0 Å². The van der Waals surface area contributed by atoms with Gasteiger partial charge in [-0.15, -0.1) is 0 Å². The molecule has 1 fully saturated rings. The average Bonchev–Trinajstić information content (AvgIpc) is 2.27. The summed E-state index contributed by atoms with van der Waals surface area (Å²) < 4.78 is 0. The van der Waals surface area contributed by atoms with Crippen LogP contribution in [0, 0.1) is 11.8 Å². The van der Waals surface area contributed by atoms with Crippen molar-refractivity contribution in [3.8, 4) is 0 Å². The number of rotatable bonds is 1. The maximum Gasteiger partial charge on any atom is 0.0941 e. The molecule has 2 heteroatoms. The van der Waals surface area contributed by atoms with Crippen LogP contribution < -0.4 is 11.1 Å². The van der Waals surface area contributed by atoms with Crippen molar-refractivity contribution in [1.29, 1.82) is 0 Å². The third kappa shape index (κ3) is 1.76. The predicted molar refractivity (Wildman–Crippen MR) is 75.6 cm³/mol. The summed E-state index contributed by atoms with van der Waals surface area (Å²) in [5, 5.41) is 3.43. The van der Waals surface area contributed by atoms with E-state index in [4.69, 9.17) is 5.73 Å². The molecule has 1 unspecified atom stereocenters. The summed E-state index contributed by atoms with van der Waals surface area (Å²) in [4.78, 5) is 0. The van der Waals surface area contributed by atoms with Crippen molar-refractivity contribution in [3.63, 3.8) is 0 Å². The van der Waals surface area contributed by atoms with Crippen molar-refractivity contribution >= 4 is 0 Å². The Labute approximate surface area is 109 Å². The van der Waals surface area contributed by atoms with Gasteiger partial charge in [0.1, 0.15) is 0 Å². The second kappa shape index (κ2) is 4.13. The van der Waals surface area contributed by atoms with Gasteiger partial charge in [0.15, 0.2) is 0 Å². The molecule has 0 aromatic rings. The van der Waals surface area contributed by atoms with E-state index < -0.39 is 0 Å². The van der Waals surface area contributed by atoms with Gasteiger partial charge in [-0.2, -0.15) is 0 Å². The van der Waals surface area contributed by atoms with Gasteiger partial charge >= 0.3 is 0 Å². The molecule has 96 valence electrons. The van der Waals surface area contributed by atoms with Gasteiger partial charge in [0.05, 0.1) is 6.17 Å². The number of hydrogen-bond acceptors (Lipinski definition) is 2. The fourth-order valence-electron chi connectivity index (χ4n) is 3.40. The quantitative estimate of drug-likeness (QED) is 0.742. The molecule has 1 saturated carbocycles. The van der Waals surface area contributed by atoms with Crippen LogP contribution in [-0.2, 0) is 0 Å². The van der Waals surface area contributed by atoms with E-state index in [2.05, 4.69) is 44.3 Å². The van der Waals surface area contributed by atoms with Crippen molar-refractivity contribution in [2.45, 2.75) is 39.8 Å². The van der Waals surface area contributed by atoms with Crippen molar-refractivity contribution in [2.24, 2.45) is 17.6 Å². The van der Waals surface area contributed by atoms with Crippen LogP contribution in [0.4, 0.5) is 0 Å². The van der Waals surface area contributed by atoms with Crippen LogP contribution in [-0.4, -0.2) is 6.17 Å². The molecule has 0 aromatic heterocycles. The molecule has 2 aliphatic carbocycles. The first-order valence-corrected chi connectivity index (χ1v) is 6.88. The molecule has 3 aliphatic rings. The Hall–Kier alpha value is -1.28. The predicted octanol–water partition coefficient (Wildman–Crippen LogP) is 3.01. The molecular formula is C16H22N2. The Bertz CT molecular complexity index is 505. The highest BCUT2D eigenvalue weighted by Crippen LogP contribution is 2.48. The first-order valence-electron chi connectivity index (χ1n) is 6.88. The lowest BCUT2D eigenvalue weighted by molar-refractivity contribution is 0.263. The molecule has 0 radical (unpaired) electrons. The normalized spacial score (nSPS) is 34.9. The largest absolute Gasteiger partial charge is 0.366 e. The lowest BCUT2D eigenvalue weighted by Crippen LogP contribution is -2.41. The third-order valence-corrected chi connectivity index (χ3v) is 4.59. The van der Waals surface area contributed by atoms with Gasteiger partial charge < -0.3 is 11.1 Å². The van der Waals surface area contributed by atoms with Crippen LogP contribution in [0.15, 0.2) is 46.2 Å². The molecule has 18 heavy (non-hydrogen) atoms. The van der Waals surface area contributed by atoms with E-state index in [1.807, 2.05) is 0 Å². The highest BCUT2D eigenvalue weighted by molar-refractivity contribution is 5.51. The zero-order chi connectivity index (χ0) is 12.9. The van der Waals surface area contributed by atoms with Gasteiger partial charge in [0.2, 0.25) is 0 Å². The molecule has 1 aliphatic heterocycles. The van der Waals surface area contributed by atoms with E-state index >= 15 is 0 Å². The third-order valence-electron chi connectivity index (χ3n) is 4.59. The lowest BCUT2D eigenvalue weighted by Gasteiger charge is -2.43. The molecule has 0 saturated heterocycles. The van der Waals surface area contributed by atoms with E-state index in [0.29, 0.717) is 5.92 Å². The second-order valence-electron chi connectivity index (χ2n) is 5.87. The van der Waals surface area contributed by atoms with Crippen molar-refractivity contribution in [3.05, 3.63) is 46.2 Å². The van der Waals surface area contributed by atoms with Crippen molar-refractivity contribution < 1.29 is 0 Å². The number of hydrogen-bond donors (Lipinski definition) is 2. The summed E-state index contributed by atoms with van der Waals surface area (Å²) in [6.45, 7) is 6.60. The maximum absolute atomic E-state index is 6.03. The molecule has 0 aromatic carbocycles. The van der Waals surface area contributed by atoms with Gasteiger partial charge in [-0.3, -0.25) is 0 Å². The fourth-order valence-corrected chi connectivity index (χ4v) is 3.40. The smallest absolute Gasteiger partial charge is 0.0941 e. The van der Waals surface area contributed by atoms with Crippen molar-refractivity contribution in [1.82, 2.24) is 5.32 Å². The standard InChI is InChI=1S/C16H22N2/c1-9-6-14(18-15(17)7-9)16-11(3)10(2)8-12-4-5-13(12)16/h6-8,12-13,15,18H,4-5,17H2,1-3H3/t12-,13?,15-/m0/s1. The van der Waals surface area contributed by atoms with E-state index in [1.54, 1.807) is 0 Å². The van der Waals surface area contributed by atoms with E-state index in [0.717, 1.165) is 5.92 Å². The Kier molecular flexibility index (Phi) is 2.70. The Morgan fingerprint density at radius 1 is 1.17 bits per heavy atom. The number of dihydropyridines is 1. The molecular weight excluding hydrogens is 220 g/mol. The maximum atomic E-state index is 6.03. The zero-order valence-corrected chi connectivity index (χ0v) is 11.5. The van der Waals surface area contributed by atoms with Gasteiger partial charge in [-0.05, 0) is 74.3 Å². The highest BCUT2D eigenvalue weighted by Gasteiger charge is 2.37. The summed E-state index contributed by atoms with van der Waals surface area (Å²) in [6, 6.07) is 0. The molecule has 2 nitrogen and oxygen atoms in total. The number of nitrogens with two attached hydrogens (primary N) is 1. The van der Waals surface area contributed by atoms with Crippen LogP contribution >= 0.6 is 0 Å². The SMILES string of the molecule is CC1=C[C@@H](N)NC(C2=C(C)C(C)=C[C@@H]3CCC23)=C1. The average molecular weight is 242 g/mol. The Morgan fingerprint density at radius 2 is 1.94 bits per heavy atom. The minimum absolute atomic E-state index is 0.0463. The molecule has 3 N–H and O–H groups in total. The van der Waals surface area contributed by atoms with Gasteiger partial charge in [-0.25, -0.2) is 0 Å². The summed E-state index contributed by atoms with van der Waals surface area (Å²) in [5.41, 5.74) is 12.9. The van der Waals surface area contributed by atoms with Crippen LogP contribution in [0.3, 0.4) is 0 Å². The minimum Gasteiger partial charge on any atom is -0.366 e. The topological polar surface area (TPSA) is 38.0 Å². The number of fused-ring (bicyclic) bond motifs is 1. The Morgan fingerprint density at radius 3 is 2.56 bits per heavy atom. The van der Waals surface area contributed by atoms with E-state index in [1.165, 1.54) is 40.8 Å². The summed E-state index contributed by atoms with van der Waals surface area (Å²) in [5.74, 6) is 1.47. The van der Waals surface area contributed by atoms with Gasteiger partial charge in [-0.1, -0.05) is 11.6 Å². The monoisotopic (exact) mass is 242 g/mol. The van der Waals surface area contributed by atoms with Crippen LogP contribution in [0.25, 0.3) is 0 Å². The minimum atomic E-state index is -0.0463. The molecule has 0 spiro atoms. The highest BCUT2D eigenvalue weighted by atomic mass is 15.0. The van der Waals surface area contributed by atoms with Gasteiger partial charge in [0, 0.05) is 5.70 Å². The Balaban J connectivity index is 2.02.